The predicted octanol–water partition coefficient (Wildman–Crippen LogP) is 9.43. The Morgan fingerprint density at radius 3 is 1.68 bits per heavy atom. The van der Waals surface area contributed by atoms with Gasteiger partial charge in [-0.1, -0.05) is 123 Å². The maximum absolute atomic E-state index is 2.54. The molecule has 0 saturated heterocycles. The van der Waals surface area contributed by atoms with Gasteiger partial charge in [-0.2, -0.15) is 0 Å². The van der Waals surface area contributed by atoms with Crippen molar-refractivity contribution in [1.29, 1.82) is 0 Å². The first-order valence-electron chi connectivity index (χ1n) is 13.2. The maximum Gasteiger partial charge on any atom is 0.122 e. The molecule has 0 aliphatic carbocycles. The van der Waals surface area contributed by atoms with E-state index in [9.17, 15) is 0 Å². The highest BCUT2D eigenvalue weighted by molar-refractivity contribution is 6.21. The van der Waals surface area contributed by atoms with Gasteiger partial charge in [0.25, 0.3) is 0 Å². The number of hydrogen-bond donors (Lipinski definition) is 0. The third-order valence-electron chi connectivity index (χ3n) is 7.30. The molecule has 2 aromatic heterocycles. The van der Waals surface area contributed by atoms with Crippen LogP contribution in [-0.2, 0) is 13.6 Å². The first kappa shape index (κ1) is 23.1. The van der Waals surface area contributed by atoms with E-state index in [1.807, 2.05) is 0 Å². The number of benzene rings is 4. The first-order chi connectivity index (χ1) is 18.2. The zero-order valence-electron chi connectivity index (χ0n) is 21.6. The van der Waals surface area contributed by atoms with Crippen molar-refractivity contribution in [2.75, 3.05) is 0 Å². The summed E-state index contributed by atoms with van der Waals surface area (Å²) in [6.45, 7) is 3.29. The number of hydrogen-bond acceptors (Lipinski definition) is 0. The monoisotopic (exact) mass is 480 g/mol. The van der Waals surface area contributed by atoms with Crippen molar-refractivity contribution in [2.45, 2.75) is 26.3 Å². The molecule has 0 N–H and O–H groups in total. The molecule has 0 radical (unpaired) electrons. The molecule has 2 nitrogen and oxygen atoms in total. The molecule has 0 saturated carbocycles. The van der Waals surface area contributed by atoms with Crippen LogP contribution in [0, 0.1) is 0 Å². The van der Waals surface area contributed by atoms with E-state index in [-0.39, 0.29) is 0 Å². The van der Waals surface area contributed by atoms with Crippen LogP contribution in [0.25, 0.3) is 57.1 Å². The quantitative estimate of drug-likeness (QED) is 0.201. The molecule has 0 fully saturated rings. The molecule has 6 rings (SSSR count). The number of fused-ring (bicyclic) bond motifs is 5. The molecule has 0 amide bonds. The summed E-state index contributed by atoms with van der Waals surface area (Å²) >= 11 is 0. The third kappa shape index (κ3) is 4.40. The summed E-state index contributed by atoms with van der Waals surface area (Å²) in [5, 5.41) is 4.02. The fraction of sp³-hybridized carbons (Fsp3) is 0.143. The minimum Gasteiger partial charge on any atom is -0.330 e. The fourth-order valence-electron chi connectivity index (χ4n) is 5.38. The highest BCUT2D eigenvalue weighted by atomic mass is 15.1. The molecular weight excluding hydrogens is 448 g/mol. The second kappa shape index (κ2) is 9.99. The lowest BCUT2D eigenvalue weighted by atomic mass is 10.1. The molecule has 0 aliphatic rings. The normalized spacial score (nSPS) is 12.2. The lowest BCUT2D eigenvalue weighted by molar-refractivity contribution is 0.655. The van der Waals surface area contributed by atoms with Gasteiger partial charge in [0.2, 0.25) is 0 Å². The van der Waals surface area contributed by atoms with Crippen LogP contribution in [0.2, 0.25) is 0 Å². The third-order valence-corrected chi connectivity index (χ3v) is 7.30. The van der Waals surface area contributed by atoms with Gasteiger partial charge in [0.05, 0.1) is 11.0 Å². The largest absolute Gasteiger partial charge is 0.330 e. The second-order valence-electron chi connectivity index (χ2n) is 9.80. The predicted molar refractivity (Wildman–Crippen MR) is 162 cm³/mol. The Hall–Kier alpha value is -4.30. The Morgan fingerprint density at radius 1 is 0.595 bits per heavy atom. The molecule has 0 bridgehead atoms. The van der Waals surface area contributed by atoms with Crippen LogP contribution >= 0.6 is 0 Å². The van der Waals surface area contributed by atoms with Crippen molar-refractivity contribution >= 4 is 57.1 Å². The fourth-order valence-corrected chi connectivity index (χ4v) is 5.38. The summed E-state index contributed by atoms with van der Waals surface area (Å²) in [5.41, 5.74) is 8.80. The Labute approximate surface area is 218 Å². The van der Waals surface area contributed by atoms with Crippen LogP contribution in [0.5, 0.6) is 0 Å². The zero-order valence-corrected chi connectivity index (χ0v) is 21.6. The molecule has 4 aromatic carbocycles. The van der Waals surface area contributed by atoms with Gasteiger partial charge in [-0.05, 0) is 40.8 Å². The van der Waals surface area contributed by atoms with E-state index in [1.54, 1.807) is 0 Å². The van der Waals surface area contributed by atoms with Crippen LogP contribution in [0.1, 0.15) is 42.0 Å². The second-order valence-corrected chi connectivity index (χ2v) is 9.80. The van der Waals surface area contributed by atoms with Gasteiger partial charge in [-0.15, -0.1) is 0 Å². The first-order valence-corrected chi connectivity index (χ1v) is 13.2. The van der Waals surface area contributed by atoms with E-state index in [0.29, 0.717) is 0 Å². The van der Waals surface area contributed by atoms with Gasteiger partial charge < -0.3 is 9.13 Å². The van der Waals surface area contributed by atoms with Gasteiger partial charge in [0.15, 0.2) is 0 Å². The Bertz CT molecular complexity index is 1750. The molecule has 37 heavy (non-hydrogen) atoms. The number of rotatable bonds is 7. The summed E-state index contributed by atoms with van der Waals surface area (Å²) in [5.74, 6) is 0. The number of unbranched alkanes of at least 4 members (excludes halogenated alkanes) is 1. The van der Waals surface area contributed by atoms with E-state index in [0.717, 1.165) is 13.0 Å². The topological polar surface area (TPSA) is 9.86 Å². The molecule has 0 spiro atoms. The van der Waals surface area contributed by atoms with E-state index < -0.39 is 0 Å². The van der Waals surface area contributed by atoms with E-state index in [2.05, 4.69) is 144 Å². The van der Waals surface area contributed by atoms with Gasteiger partial charge in [0, 0.05) is 29.8 Å². The standard InChI is InChI=1S/C35H32N2/c1-3-4-23-37-33-25-29(18-16-27-13-9-6-10-14-27)20-22-31(33)34-30-21-19-28(24-32(30)36(2)35(34)37)17-15-26-11-7-5-8-12-26/h5-22,24-25H,3-4,23H2,1-2H3. The Kier molecular flexibility index (Phi) is 6.24. The molecule has 2 heteroatoms. The summed E-state index contributed by atoms with van der Waals surface area (Å²) in [6, 6.07) is 34.8. The lowest BCUT2D eigenvalue weighted by Gasteiger charge is -2.09. The van der Waals surface area contributed by atoms with Crippen molar-refractivity contribution in [1.82, 2.24) is 9.13 Å². The molecule has 0 aliphatic heterocycles. The molecule has 2 heterocycles. The van der Waals surface area contributed by atoms with Gasteiger partial charge in [-0.3, -0.25) is 0 Å². The Morgan fingerprint density at radius 2 is 1.11 bits per heavy atom. The van der Waals surface area contributed by atoms with E-state index >= 15 is 0 Å². The summed E-state index contributed by atoms with van der Waals surface area (Å²) < 4.78 is 4.92. The zero-order chi connectivity index (χ0) is 25.2. The van der Waals surface area contributed by atoms with Crippen molar-refractivity contribution < 1.29 is 0 Å². The van der Waals surface area contributed by atoms with Crippen molar-refractivity contribution in [3.05, 3.63) is 119 Å². The highest BCUT2D eigenvalue weighted by Gasteiger charge is 2.18. The van der Waals surface area contributed by atoms with Gasteiger partial charge in [-0.25, -0.2) is 0 Å². The molecule has 6 aromatic rings. The minimum atomic E-state index is 1.02. The minimum absolute atomic E-state index is 1.02. The molecular formula is C35H32N2. The van der Waals surface area contributed by atoms with Crippen molar-refractivity contribution in [2.24, 2.45) is 7.05 Å². The summed E-state index contributed by atoms with van der Waals surface area (Å²) in [7, 11) is 2.22. The SMILES string of the molecule is CCCCn1c2cc(C=Cc3ccccc3)ccc2c2c3ccc(C=Cc4ccccc4)cc3n(C)c21. The van der Waals surface area contributed by atoms with Crippen LogP contribution < -0.4 is 0 Å². The van der Waals surface area contributed by atoms with E-state index in [4.69, 9.17) is 0 Å². The summed E-state index contributed by atoms with van der Waals surface area (Å²) in [4.78, 5) is 0. The van der Waals surface area contributed by atoms with E-state index in [1.165, 1.54) is 61.5 Å². The Balaban J connectivity index is 1.47. The molecule has 182 valence electrons. The highest BCUT2D eigenvalue weighted by Crippen LogP contribution is 2.38. The number of aryl methyl sites for hydroxylation is 2. The number of aromatic nitrogens is 2. The average molecular weight is 481 g/mol. The summed E-state index contributed by atoms with van der Waals surface area (Å²) in [6.07, 6.45) is 11.1. The average Bonchev–Trinajstić information content (AvgIpc) is 3.42. The van der Waals surface area contributed by atoms with Crippen LogP contribution in [0.15, 0.2) is 97.1 Å². The smallest absolute Gasteiger partial charge is 0.122 e. The van der Waals surface area contributed by atoms with Gasteiger partial charge in [0.1, 0.15) is 5.65 Å². The lowest BCUT2D eigenvalue weighted by Crippen LogP contribution is -2.01. The maximum atomic E-state index is 2.54. The van der Waals surface area contributed by atoms with Gasteiger partial charge >= 0.3 is 0 Å². The van der Waals surface area contributed by atoms with Crippen molar-refractivity contribution in [3.63, 3.8) is 0 Å². The van der Waals surface area contributed by atoms with Crippen molar-refractivity contribution in [3.8, 4) is 0 Å². The van der Waals surface area contributed by atoms with Crippen LogP contribution in [0.4, 0.5) is 0 Å². The number of nitrogens with zero attached hydrogens (tertiary/aromatic N) is 2. The molecule has 0 unspecified atom stereocenters. The van der Waals surface area contributed by atoms with Crippen LogP contribution in [-0.4, -0.2) is 9.13 Å². The molecule has 0 atom stereocenters. The van der Waals surface area contributed by atoms with Crippen LogP contribution in [0.3, 0.4) is 0 Å².